The first-order valence-electron chi connectivity index (χ1n) is 9.23. The molecule has 0 spiro atoms. The molecule has 2 aromatic rings. The lowest BCUT2D eigenvalue weighted by molar-refractivity contribution is -0.895. The maximum atomic E-state index is 12.8. The number of hydrogen-bond acceptors (Lipinski definition) is 4. The molecule has 0 unspecified atom stereocenters. The predicted octanol–water partition coefficient (Wildman–Crippen LogP) is 0.532. The molecule has 1 amide bonds. The molecule has 2 aromatic carbocycles. The SMILES string of the molecule is COc1ccc(S(=O)(=O)N2CC[NH+](CC(=O)Nc3ccccc3C)CC2)cc1. The first kappa shape index (κ1) is 20.3. The molecule has 1 fully saturated rings. The Morgan fingerprint density at radius 1 is 1.11 bits per heavy atom. The van der Waals surface area contributed by atoms with Crippen molar-refractivity contribution in [2.24, 2.45) is 0 Å². The van der Waals surface area contributed by atoms with Gasteiger partial charge < -0.3 is 15.0 Å². The van der Waals surface area contributed by atoms with Gasteiger partial charge >= 0.3 is 0 Å². The molecule has 2 N–H and O–H groups in total. The summed E-state index contributed by atoms with van der Waals surface area (Å²) in [5, 5.41) is 2.93. The van der Waals surface area contributed by atoms with E-state index < -0.39 is 10.0 Å². The van der Waals surface area contributed by atoms with E-state index in [1.54, 1.807) is 31.4 Å². The van der Waals surface area contributed by atoms with Crippen LogP contribution in [-0.2, 0) is 14.8 Å². The van der Waals surface area contributed by atoms with Gasteiger partial charge in [0.1, 0.15) is 5.75 Å². The highest BCUT2D eigenvalue weighted by molar-refractivity contribution is 7.89. The van der Waals surface area contributed by atoms with Crippen molar-refractivity contribution in [3.63, 3.8) is 0 Å². The summed E-state index contributed by atoms with van der Waals surface area (Å²) in [6, 6.07) is 14.0. The topological polar surface area (TPSA) is 80.2 Å². The zero-order chi connectivity index (χ0) is 20.1. The Labute approximate surface area is 166 Å². The van der Waals surface area contributed by atoms with Crippen LogP contribution in [0.4, 0.5) is 5.69 Å². The Bertz CT molecular complexity index is 921. The fraction of sp³-hybridized carbons (Fsp3) is 0.350. The van der Waals surface area contributed by atoms with E-state index in [-0.39, 0.29) is 10.8 Å². The molecule has 0 aromatic heterocycles. The van der Waals surface area contributed by atoms with Crippen LogP contribution in [0.15, 0.2) is 53.4 Å². The van der Waals surface area contributed by atoms with Crippen LogP contribution in [-0.4, -0.2) is 58.5 Å². The molecule has 7 nitrogen and oxygen atoms in total. The summed E-state index contributed by atoms with van der Waals surface area (Å²) in [7, 11) is -1.99. The number of nitrogens with one attached hydrogen (secondary N) is 2. The van der Waals surface area contributed by atoms with Gasteiger partial charge in [0.2, 0.25) is 10.0 Å². The lowest BCUT2D eigenvalue weighted by Gasteiger charge is -2.31. The Morgan fingerprint density at radius 2 is 1.75 bits per heavy atom. The van der Waals surface area contributed by atoms with Gasteiger partial charge in [-0.25, -0.2) is 8.42 Å². The molecular weight excluding hydrogens is 378 g/mol. The quantitative estimate of drug-likeness (QED) is 0.736. The van der Waals surface area contributed by atoms with Crippen molar-refractivity contribution in [2.75, 3.05) is 45.2 Å². The van der Waals surface area contributed by atoms with Crippen LogP contribution in [0.1, 0.15) is 5.56 Å². The average molecular weight is 405 g/mol. The van der Waals surface area contributed by atoms with Crippen molar-refractivity contribution in [1.29, 1.82) is 0 Å². The second-order valence-corrected chi connectivity index (χ2v) is 8.81. The van der Waals surface area contributed by atoms with Gasteiger partial charge in [-0.05, 0) is 42.8 Å². The monoisotopic (exact) mass is 404 g/mol. The van der Waals surface area contributed by atoms with Crippen LogP contribution in [0.3, 0.4) is 0 Å². The molecule has 3 rings (SSSR count). The Morgan fingerprint density at radius 3 is 2.36 bits per heavy atom. The first-order valence-corrected chi connectivity index (χ1v) is 10.7. The van der Waals surface area contributed by atoms with Gasteiger partial charge in [0.05, 0.1) is 38.2 Å². The number of anilines is 1. The average Bonchev–Trinajstić information content (AvgIpc) is 2.70. The fourth-order valence-corrected chi connectivity index (χ4v) is 4.69. The van der Waals surface area contributed by atoms with Crippen molar-refractivity contribution in [2.45, 2.75) is 11.8 Å². The number of aryl methyl sites for hydroxylation is 1. The molecule has 0 saturated carbocycles. The van der Waals surface area contributed by atoms with Crippen LogP contribution in [0, 0.1) is 6.92 Å². The molecule has 0 radical (unpaired) electrons. The van der Waals surface area contributed by atoms with E-state index in [4.69, 9.17) is 4.74 Å². The second-order valence-electron chi connectivity index (χ2n) is 6.87. The number of carbonyl (C=O) groups excluding carboxylic acids is 1. The molecule has 1 aliphatic heterocycles. The molecule has 0 atom stereocenters. The van der Waals surface area contributed by atoms with Gasteiger partial charge in [0.25, 0.3) is 5.91 Å². The highest BCUT2D eigenvalue weighted by atomic mass is 32.2. The predicted molar refractivity (Wildman–Crippen MR) is 107 cm³/mol. The van der Waals surface area contributed by atoms with Crippen LogP contribution in [0.5, 0.6) is 5.75 Å². The van der Waals surface area contributed by atoms with E-state index in [0.29, 0.717) is 38.5 Å². The zero-order valence-corrected chi connectivity index (χ0v) is 17.0. The van der Waals surface area contributed by atoms with E-state index in [2.05, 4.69) is 5.32 Å². The Hall–Kier alpha value is -2.42. The van der Waals surface area contributed by atoms with E-state index in [1.165, 1.54) is 4.31 Å². The molecule has 0 bridgehead atoms. The van der Waals surface area contributed by atoms with Crippen LogP contribution >= 0.6 is 0 Å². The maximum absolute atomic E-state index is 12.8. The van der Waals surface area contributed by atoms with Crippen molar-refractivity contribution in [3.8, 4) is 5.75 Å². The van der Waals surface area contributed by atoms with Gasteiger partial charge in [-0.15, -0.1) is 0 Å². The van der Waals surface area contributed by atoms with Gasteiger partial charge in [-0.3, -0.25) is 4.79 Å². The van der Waals surface area contributed by atoms with E-state index >= 15 is 0 Å². The summed E-state index contributed by atoms with van der Waals surface area (Å²) in [6.07, 6.45) is 0. The largest absolute Gasteiger partial charge is 0.497 e. The number of benzene rings is 2. The van der Waals surface area contributed by atoms with Crippen LogP contribution in [0.2, 0.25) is 0 Å². The molecule has 1 heterocycles. The van der Waals surface area contributed by atoms with Crippen molar-refractivity contribution in [1.82, 2.24) is 4.31 Å². The number of hydrogen-bond donors (Lipinski definition) is 2. The fourth-order valence-electron chi connectivity index (χ4n) is 3.25. The zero-order valence-electron chi connectivity index (χ0n) is 16.1. The summed E-state index contributed by atoms with van der Waals surface area (Å²) in [5.74, 6) is 0.559. The minimum absolute atomic E-state index is 0.0595. The van der Waals surface area contributed by atoms with Crippen molar-refractivity contribution >= 4 is 21.6 Å². The summed E-state index contributed by atoms with van der Waals surface area (Å²) < 4.78 is 32.1. The number of sulfonamides is 1. The van der Waals surface area contributed by atoms with Crippen molar-refractivity contribution < 1.29 is 22.8 Å². The highest BCUT2D eigenvalue weighted by Crippen LogP contribution is 2.19. The molecule has 8 heteroatoms. The van der Waals surface area contributed by atoms with Crippen LogP contribution in [0.25, 0.3) is 0 Å². The number of ether oxygens (including phenoxy) is 1. The van der Waals surface area contributed by atoms with E-state index in [0.717, 1.165) is 16.2 Å². The van der Waals surface area contributed by atoms with Gasteiger partial charge in [0.15, 0.2) is 6.54 Å². The Kier molecular flexibility index (Phi) is 6.33. The summed E-state index contributed by atoms with van der Waals surface area (Å²) in [5.41, 5.74) is 1.83. The number of quaternary nitrogens is 1. The highest BCUT2D eigenvalue weighted by Gasteiger charge is 2.31. The third kappa shape index (κ3) is 4.70. The molecule has 150 valence electrons. The third-order valence-electron chi connectivity index (χ3n) is 4.96. The number of carbonyl (C=O) groups is 1. The van der Waals surface area contributed by atoms with Gasteiger partial charge in [0, 0.05) is 5.69 Å². The van der Waals surface area contributed by atoms with Crippen LogP contribution < -0.4 is 15.0 Å². The molecule has 1 saturated heterocycles. The van der Waals surface area contributed by atoms with E-state index in [9.17, 15) is 13.2 Å². The summed E-state index contributed by atoms with van der Waals surface area (Å²) in [4.78, 5) is 13.7. The standard InChI is InChI=1S/C20H25N3O4S/c1-16-5-3-4-6-19(16)21-20(24)15-22-11-13-23(14-12-22)28(25,26)18-9-7-17(27-2)8-10-18/h3-10H,11-15H2,1-2H3,(H,21,24)/p+1. The molecule has 28 heavy (non-hydrogen) atoms. The number of piperazine rings is 1. The lowest BCUT2D eigenvalue weighted by Crippen LogP contribution is -3.15. The normalized spacial score (nSPS) is 15.9. The number of methoxy groups -OCH3 is 1. The lowest BCUT2D eigenvalue weighted by atomic mass is 10.2. The second kappa shape index (κ2) is 8.72. The number of rotatable bonds is 6. The minimum Gasteiger partial charge on any atom is -0.497 e. The number of nitrogens with zero attached hydrogens (tertiary/aromatic N) is 1. The maximum Gasteiger partial charge on any atom is 0.279 e. The van der Waals surface area contributed by atoms with Gasteiger partial charge in [-0.1, -0.05) is 18.2 Å². The first-order chi connectivity index (χ1) is 13.4. The number of para-hydroxylation sites is 1. The minimum atomic E-state index is -3.53. The van der Waals surface area contributed by atoms with E-state index in [1.807, 2.05) is 31.2 Å². The number of amides is 1. The smallest absolute Gasteiger partial charge is 0.279 e. The summed E-state index contributed by atoms with van der Waals surface area (Å²) in [6.45, 7) is 4.24. The molecule has 1 aliphatic rings. The van der Waals surface area contributed by atoms with Gasteiger partial charge in [-0.2, -0.15) is 4.31 Å². The molecular formula is C20H26N3O4S+. The molecule has 0 aliphatic carbocycles. The summed E-state index contributed by atoms with van der Waals surface area (Å²) >= 11 is 0. The van der Waals surface area contributed by atoms with Crippen molar-refractivity contribution in [3.05, 3.63) is 54.1 Å². The Balaban J connectivity index is 1.55. The third-order valence-corrected chi connectivity index (χ3v) is 6.87.